The second-order valence-electron chi connectivity index (χ2n) is 2.84. The van der Waals surface area contributed by atoms with E-state index < -0.39 is 6.04 Å². The van der Waals surface area contributed by atoms with Crippen LogP contribution in [0.1, 0.15) is 5.56 Å². The average Bonchev–Trinajstić information content (AvgIpc) is 2.18. The van der Waals surface area contributed by atoms with Crippen molar-refractivity contribution in [2.24, 2.45) is 5.73 Å². The number of benzene rings is 1. The van der Waals surface area contributed by atoms with E-state index in [1.165, 1.54) is 0 Å². The van der Waals surface area contributed by atoms with Crippen molar-refractivity contribution in [1.29, 1.82) is 0 Å². The lowest BCUT2D eigenvalue weighted by Crippen LogP contribution is -2.39. The highest BCUT2D eigenvalue weighted by Crippen LogP contribution is 2.01. The monoisotopic (exact) mass is 177 g/mol. The Morgan fingerprint density at radius 3 is 2.62 bits per heavy atom. The molecule has 1 radical (unpaired) electrons. The van der Waals surface area contributed by atoms with Gasteiger partial charge in [-0.15, -0.1) is 0 Å². The zero-order valence-corrected chi connectivity index (χ0v) is 7.36. The minimum atomic E-state index is -0.514. The van der Waals surface area contributed by atoms with Crippen LogP contribution >= 0.6 is 0 Å². The molecule has 1 atom stereocenters. The van der Waals surface area contributed by atoms with Crippen LogP contribution in [0.2, 0.25) is 0 Å². The van der Waals surface area contributed by atoms with Crippen LogP contribution in [-0.4, -0.2) is 11.9 Å². The second kappa shape index (κ2) is 4.62. The van der Waals surface area contributed by atoms with Crippen molar-refractivity contribution in [2.45, 2.75) is 12.5 Å². The van der Waals surface area contributed by atoms with Gasteiger partial charge in [0.25, 0.3) is 0 Å². The van der Waals surface area contributed by atoms with Gasteiger partial charge in [0.1, 0.15) is 0 Å². The molecule has 3 N–H and O–H groups in total. The normalized spacial score (nSPS) is 12.2. The summed E-state index contributed by atoms with van der Waals surface area (Å²) < 4.78 is 0. The van der Waals surface area contributed by atoms with Crippen LogP contribution in [0.3, 0.4) is 0 Å². The third-order valence-electron chi connectivity index (χ3n) is 1.81. The van der Waals surface area contributed by atoms with Crippen molar-refractivity contribution in [3.8, 4) is 0 Å². The van der Waals surface area contributed by atoms with Gasteiger partial charge in [0.2, 0.25) is 5.91 Å². The van der Waals surface area contributed by atoms with Gasteiger partial charge < -0.3 is 11.1 Å². The zero-order chi connectivity index (χ0) is 9.68. The number of rotatable bonds is 3. The third kappa shape index (κ3) is 2.87. The smallest absolute Gasteiger partial charge is 0.237 e. The van der Waals surface area contributed by atoms with E-state index in [1.807, 2.05) is 30.3 Å². The first kappa shape index (κ1) is 9.74. The molecule has 0 aliphatic carbocycles. The Morgan fingerprint density at radius 2 is 2.08 bits per heavy atom. The Balaban J connectivity index is 2.55. The predicted molar refractivity (Wildman–Crippen MR) is 51.6 cm³/mol. The van der Waals surface area contributed by atoms with Crippen LogP contribution in [-0.2, 0) is 11.2 Å². The SMILES string of the molecule is [CH2]NC(=O)[C@@H](N)Cc1ccccc1. The molecule has 0 spiro atoms. The van der Waals surface area contributed by atoms with Gasteiger partial charge >= 0.3 is 0 Å². The van der Waals surface area contributed by atoms with Gasteiger partial charge in [0, 0.05) is 7.05 Å². The predicted octanol–water partition coefficient (Wildman–Crippen LogP) is 0.464. The molecule has 3 nitrogen and oxygen atoms in total. The number of nitrogens with one attached hydrogen (secondary N) is 1. The number of hydrogen-bond acceptors (Lipinski definition) is 2. The van der Waals surface area contributed by atoms with Gasteiger partial charge in [-0.1, -0.05) is 30.3 Å². The molecule has 0 bridgehead atoms. The van der Waals surface area contributed by atoms with Gasteiger partial charge in [0.05, 0.1) is 6.04 Å². The summed E-state index contributed by atoms with van der Waals surface area (Å²) in [5.41, 5.74) is 6.66. The number of nitrogens with two attached hydrogens (primary N) is 1. The van der Waals surface area contributed by atoms with E-state index in [9.17, 15) is 4.79 Å². The highest BCUT2D eigenvalue weighted by Gasteiger charge is 2.11. The van der Waals surface area contributed by atoms with Gasteiger partial charge in [-0.3, -0.25) is 4.79 Å². The third-order valence-corrected chi connectivity index (χ3v) is 1.81. The lowest BCUT2D eigenvalue weighted by atomic mass is 10.1. The van der Waals surface area contributed by atoms with Crippen molar-refractivity contribution >= 4 is 5.91 Å². The Morgan fingerprint density at radius 1 is 1.46 bits per heavy atom. The molecule has 0 aliphatic rings. The lowest BCUT2D eigenvalue weighted by molar-refractivity contribution is -0.121. The van der Waals surface area contributed by atoms with Crippen LogP contribution < -0.4 is 11.1 Å². The summed E-state index contributed by atoms with van der Waals surface area (Å²) in [5, 5.41) is 2.27. The average molecular weight is 177 g/mol. The topological polar surface area (TPSA) is 55.1 Å². The highest BCUT2D eigenvalue weighted by atomic mass is 16.2. The van der Waals surface area contributed by atoms with Crippen LogP contribution in [0, 0.1) is 7.05 Å². The zero-order valence-electron chi connectivity index (χ0n) is 7.36. The maximum Gasteiger partial charge on any atom is 0.237 e. The fraction of sp³-hybridized carbons (Fsp3) is 0.200. The maximum atomic E-state index is 11.0. The highest BCUT2D eigenvalue weighted by molar-refractivity contribution is 5.81. The minimum Gasteiger partial charge on any atom is -0.353 e. The molecule has 13 heavy (non-hydrogen) atoms. The summed E-state index contributed by atoms with van der Waals surface area (Å²) >= 11 is 0. The quantitative estimate of drug-likeness (QED) is 0.705. The van der Waals surface area contributed by atoms with Gasteiger partial charge in [-0.25, -0.2) is 0 Å². The molecule has 0 aliphatic heterocycles. The van der Waals surface area contributed by atoms with Crippen LogP contribution in [0.5, 0.6) is 0 Å². The number of carbonyl (C=O) groups excluding carboxylic acids is 1. The molecular weight excluding hydrogens is 164 g/mol. The molecule has 0 heterocycles. The maximum absolute atomic E-state index is 11.0. The summed E-state index contributed by atoms with van der Waals surface area (Å²) in [6, 6.07) is 9.14. The molecule has 1 amide bonds. The lowest BCUT2D eigenvalue weighted by Gasteiger charge is -2.09. The Kier molecular flexibility index (Phi) is 3.46. The summed E-state index contributed by atoms with van der Waals surface area (Å²) in [6.07, 6.45) is 0.544. The van der Waals surface area contributed by atoms with E-state index in [-0.39, 0.29) is 5.91 Å². The number of carbonyl (C=O) groups is 1. The van der Waals surface area contributed by atoms with E-state index in [1.54, 1.807) is 0 Å². The first-order chi connectivity index (χ1) is 6.24. The fourth-order valence-electron chi connectivity index (χ4n) is 1.09. The van der Waals surface area contributed by atoms with Crippen molar-refractivity contribution in [2.75, 3.05) is 0 Å². The minimum absolute atomic E-state index is 0.233. The van der Waals surface area contributed by atoms with Crippen molar-refractivity contribution in [3.63, 3.8) is 0 Å². The molecule has 3 heteroatoms. The van der Waals surface area contributed by atoms with Crippen LogP contribution in [0.25, 0.3) is 0 Å². The van der Waals surface area contributed by atoms with E-state index in [0.29, 0.717) is 6.42 Å². The summed E-state index contributed by atoms with van der Waals surface area (Å²) in [5.74, 6) is -0.233. The molecule has 1 aromatic carbocycles. The van der Waals surface area contributed by atoms with E-state index in [0.717, 1.165) is 5.56 Å². The molecule has 0 saturated carbocycles. The molecule has 0 unspecified atom stereocenters. The number of hydrogen-bond donors (Lipinski definition) is 2. The summed E-state index contributed by atoms with van der Waals surface area (Å²) in [7, 11) is 3.27. The first-order valence-corrected chi connectivity index (χ1v) is 4.10. The summed E-state index contributed by atoms with van der Waals surface area (Å²) in [6.45, 7) is 0. The van der Waals surface area contributed by atoms with Crippen LogP contribution in [0.15, 0.2) is 30.3 Å². The van der Waals surface area contributed by atoms with E-state index >= 15 is 0 Å². The molecule has 1 aromatic rings. The number of amides is 1. The Hall–Kier alpha value is -1.35. The Labute approximate surface area is 77.9 Å². The summed E-state index contributed by atoms with van der Waals surface area (Å²) in [4.78, 5) is 11.0. The molecule has 0 aromatic heterocycles. The second-order valence-corrected chi connectivity index (χ2v) is 2.84. The van der Waals surface area contributed by atoms with E-state index in [4.69, 9.17) is 5.73 Å². The molecule has 1 rings (SSSR count). The first-order valence-electron chi connectivity index (χ1n) is 4.10. The Bertz CT molecular complexity index is 272. The fourth-order valence-corrected chi connectivity index (χ4v) is 1.09. The van der Waals surface area contributed by atoms with Gasteiger partial charge in [-0.05, 0) is 12.0 Å². The standard InChI is InChI=1S/C10H13N2O/c1-12-10(13)9(11)7-8-5-3-2-4-6-8/h2-6,9H,1,7,11H2,(H,12,13)/t9-/m0/s1. The van der Waals surface area contributed by atoms with Gasteiger partial charge in [-0.2, -0.15) is 0 Å². The molecule has 69 valence electrons. The van der Waals surface area contributed by atoms with Crippen molar-refractivity contribution in [3.05, 3.63) is 42.9 Å². The van der Waals surface area contributed by atoms with Gasteiger partial charge in [0.15, 0.2) is 0 Å². The molecule has 0 saturated heterocycles. The molecular formula is C10H13N2O. The van der Waals surface area contributed by atoms with Crippen LogP contribution in [0.4, 0.5) is 0 Å². The largest absolute Gasteiger partial charge is 0.353 e. The molecule has 0 fully saturated rings. The van der Waals surface area contributed by atoms with E-state index in [2.05, 4.69) is 12.4 Å². The van der Waals surface area contributed by atoms with Crippen molar-refractivity contribution in [1.82, 2.24) is 5.32 Å². The van der Waals surface area contributed by atoms with Crippen molar-refractivity contribution < 1.29 is 4.79 Å².